The molecule has 5 rings (SSSR count). The van der Waals surface area contributed by atoms with Gasteiger partial charge in [-0.15, -0.1) is 0 Å². The van der Waals surface area contributed by atoms with Crippen LogP contribution in [0.2, 0.25) is 0 Å². The van der Waals surface area contributed by atoms with E-state index in [1.807, 2.05) is 44.2 Å². The molecule has 2 aromatic carbocycles. The summed E-state index contributed by atoms with van der Waals surface area (Å²) in [5.74, 6) is -0.634. The Balaban J connectivity index is 1.63. The zero-order chi connectivity index (χ0) is 26.2. The first-order valence-corrected chi connectivity index (χ1v) is 13.6. The van der Waals surface area contributed by atoms with Gasteiger partial charge in [0.1, 0.15) is 12.4 Å². The van der Waals surface area contributed by atoms with Crippen LogP contribution in [0, 0.1) is 6.92 Å². The summed E-state index contributed by atoms with van der Waals surface area (Å²) in [5, 5.41) is 10.7. The molecule has 0 radical (unpaired) electrons. The Hall–Kier alpha value is -3.82. The molecular formula is C28H27N3O5S. The van der Waals surface area contributed by atoms with Crippen molar-refractivity contribution in [1.29, 1.82) is 0 Å². The maximum Gasteiger partial charge on any atom is 0.277 e. The van der Waals surface area contributed by atoms with Crippen LogP contribution in [-0.2, 0) is 27.6 Å². The van der Waals surface area contributed by atoms with Crippen LogP contribution in [0.25, 0.3) is 11.1 Å². The van der Waals surface area contributed by atoms with Gasteiger partial charge in [0.2, 0.25) is 15.7 Å². The number of aromatic nitrogens is 3. The minimum atomic E-state index is -4.38. The van der Waals surface area contributed by atoms with E-state index in [4.69, 9.17) is 4.74 Å². The van der Waals surface area contributed by atoms with E-state index in [1.54, 1.807) is 24.5 Å². The highest BCUT2D eigenvalue weighted by atomic mass is 32.2. The molecule has 1 N–H and O–H groups in total. The molecule has 0 unspecified atom stereocenters. The van der Waals surface area contributed by atoms with Crippen molar-refractivity contribution >= 4 is 9.84 Å². The summed E-state index contributed by atoms with van der Waals surface area (Å²) in [6, 6.07) is 15.4. The quantitative estimate of drug-likeness (QED) is 0.391. The van der Waals surface area contributed by atoms with Gasteiger partial charge in [0.25, 0.3) is 5.56 Å². The lowest BCUT2D eigenvalue weighted by Gasteiger charge is -2.21. The van der Waals surface area contributed by atoms with E-state index in [9.17, 15) is 18.3 Å². The number of aryl methyl sites for hydroxylation is 2. The van der Waals surface area contributed by atoms with E-state index in [2.05, 4.69) is 9.97 Å². The Morgan fingerprint density at radius 3 is 2.59 bits per heavy atom. The summed E-state index contributed by atoms with van der Waals surface area (Å²) >= 11 is 0. The molecule has 190 valence electrons. The number of rotatable bonds is 7. The minimum absolute atomic E-state index is 0.0295. The number of benzene rings is 2. The highest BCUT2D eigenvalue weighted by molar-refractivity contribution is 7.91. The van der Waals surface area contributed by atoms with Gasteiger partial charge in [0.15, 0.2) is 4.90 Å². The predicted octanol–water partition coefficient (Wildman–Crippen LogP) is 4.22. The Kier molecular flexibility index (Phi) is 6.66. The Labute approximate surface area is 215 Å². The van der Waals surface area contributed by atoms with Gasteiger partial charge in [0, 0.05) is 19.0 Å². The molecule has 0 amide bonds. The maximum absolute atomic E-state index is 13.8. The van der Waals surface area contributed by atoms with Gasteiger partial charge in [0.05, 0.1) is 10.9 Å². The van der Waals surface area contributed by atoms with Crippen LogP contribution < -0.4 is 5.56 Å². The number of aromatic hydroxyl groups is 1. The van der Waals surface area contributed by atoms with Crippen molar-refractivity contribution in [2.24, 2.45) is 0 Å². The van der Waals surface area contributed by atoms with Crippen LogP contribution in [0.4, 0.5) is 0 Å². The Morgan fingerprint density at radius 1 is 1.11 bits per heavy atom. The van der Waals surface area contributed by atoms with Crippen LogP contribution in [0.1, 0.15) is 41.9 Å². The summed E-state index contributed by atoms with van der Waals surface area (Å²) in [6.45, 7) is 4.08. The second-order valence-corrected chi connectivity index (χ2v) is 10.9. The van der Waals surface area contributed by atoms with Crippen LogP contribution in [0.5, 0.6) is 5.88 Å². The van der Waals surface area contributed by atoms with Crippen LogP contribution in [0.15, 0.2) is 81.6 Å². The minimum Gasteiger partial charge on any atom is -0.492 e. The van der Waals surface area contributed by atoms with Crippen molar-refractivity contribution in [3.8, 4) is 17.0 Å². The molecule has 0 saturated heterocycles. The van der Waals surface area contributed by atoms with E-state index in [1.165, 1.54) is 16.7 Å². The lowest BCUT2D eigenvalue weighted by molar-refractivity contribution is 0.122. The normalized spacial score (nSPS) is 15.0. The lowest BCUT2D eigenvalue weighted by Crippen LogP contribution is -2.33. The fraction of sp³-hybridized carbons (Fsp3) is 0.250. The van der Waals surface area contributed by atoms with E-state index in [0.717, 1.165) is 34.2 Å². The molecule has 0 spiro atoms. The largest absolute Gasteiger partial charge is 0.492 e. The van der Waals surface area contributed by atoms with Gasteiger partial charge >= 0.3 is 0 Å². The number of hydrogen-bond acceptors (Lipinski definition) is 7. The summed E-state index contributed by atoms with van der Waals surface area (Å²) in [5.41, 5.74) is 3.92. The molecular weight excluding hydrogens is 490 g/mol. The summed E-state index contributed by atoms with van der Waals surface area (Å²) < 4.78 is 34.2. The monoisotopic (exact) mass is 517 g/mol. The second-order valence-electron chi connectivity index (χ2n) is 8.96. The molecule has 37 heavy (non-hydrogen) atoms. The molecule has 4 aromatic rings. The van der Waals surface area contributed by atoms with Gasteiger partial charge in [-0.3, -0.25) is 14.3 Å². The zero-order valence-corrected chi connectivity index (χ0v) is 21.4. The Morgan fingerprint density at radius 2 is 1.86 bits per heavy atom. The summed E-state index contributed by atoms with van der Waals surface area (Å²) in [4.78, 5) is 21.3. The second kappa shape index (κ2) is 9.91. The molecule has 2 heterocycles. The molecule has 1 atom stereocenters. The van der Waals surface area contributed by atoms with Crippen molar-refractivity contribution in [2.45, 2.75) is 49.1 Å². The number of sulfone groups is 1. The summed E-state index contributed by atoms with van der Waals surface area (Å²) in [7, 11) is -4.38. The van der Waals surface area contributed by atoms with Crippen molar-refractivity contribution in [3.63, 3.8) is 0 Å². The molecule has 1 aliphatic rings. The predicted molar refractivity (Wildman–Crippen MR) is 138 cm³/mol. The third-order valence-electron chi connectivity index (χ3n) is 6.74. The van der Waals surface area contributed by atoms with Gasteiger partial charge in [-0.2, -0.15) is 4.98 Å². The number of pyridine rings is 1. The third kappa shape index (κ3) is 4.45. The SMILES string of the molecule is CCOCc1nc(O)c(S(=O)(=O)c2ccc(-c3ccncc3C)cc2)c(=O)n1[C@H]1CCc2ccccc21. The lowest BCUT2D eigenvalue weighted by atomic mass is 10.0. The molecule has 8 nitrogen and oxygen atoms in total. The standard InChI is InChI=1S/C28H27N3O5S/c1-3-36-17-25-30-27(32)26(28(33)31(25)24-13-10-19-6-4-5-7-23(19)24)37(34,35)21-11-8-20(9-12-21)22-14-15-29-16-18(22)2/h4-9,11-12,14-16,24,32H,3,10,13,17H2,1-2H3/t24-/m0/s1. The average molecular weight is 518 g/mol. The molecule has 0 saturated carbocycles. The van der Waals surface area contributed by atoms with E-state index >= 15 is 0 Å². The van der Waals surface area contributed by atoms with Gasteiger partial charge in [-0.05, 0) is 72.7 Å². The highest BCUT2D eigenvalue weighted by Crippen LogP contribution is 2.35. The van der Waals surface area contributed by atoms with Crippen LogP contribution in [-0.4, -0.2) is 34.7 Å². The summed E-state index contributed by atoms with van der Waals surface area (Å²) in [6.07, 6.45) is 4.77. The molecule has 0 fully saturated rings. The first-order chi connectivity index (χ1) is 17.8. The topological polar surface area (TPSA) is 111 Å². The number of hydrogen-bond donors (Lipinski definition) is 1. The molecule has 9 heteroatoms. The maximum atomic E-state index is 13.8. The zero-order valence-electron chi connectivity index (χ0n) is 20.6. The fourth-order valence-corrected chi connectivity index (χ4v) is 6.28. The van der Waals surface area contributed by atoms with Gasteiger partial charge < -0.3 is 9.84 Å². The van der Waals surface area contributed by atoms with Crippen LogP contribution in [0.3, 0.4) is 0 Å². The first kappa shape index (κ1) is 24.9. The van der Waals surface area contributed by atoms with Crippen LogP contribution >= 0.6 is 0 Å². The molecule has 0 bridgehead atoms. The number of ether oxygens (including phenoxy) is 1. The Bertz CT molecular complexity index is 1630. The van der Waals surface area contributed by atoms with Crippen molar-refractivity contribution < 1.29 is 18.3 Å². The highest BCUT2D eigenvalue weighted by Gasteiger charge is 2.34. The molecule has 1 aliphatic carbocycles. The van der Waals surface area contributed by atoms with Crippen molar-refractivity contribution in [1.82, 2.24) is 14.5 Å². The first-order valence-electron chi connectivity index (χ1n) is 12.1. The number of fused-ring (bicyclic) bond motifs is 1. The van der Waals surface area contributed by atoms with E-state index < -0.39 is 32.2 Å². The van der Waals surface area contributed by atoms with Crippen molar-refractivity contribution in [3.05, 3.63) is 99.9 Å². The van der Waals surface area contributed by atoms with Crippen molar-refractivity contribution in [2.75, 3.05) is 6.61 Å². The number of nitrogens with zero attached hydrogens (tertiary/aromatic N) is 3. The van der Waals surface area contributed by atoms with Gasteiger partial charge in [-0.1, -0.05) is 36.4 Å². The molecule has 0 aliphatic heterocycles. The van der Waals surface area contributed by atoms with Gasteiger partial charge in [-0.25, -0.2) is 8.42 Å². The average Bonchev–Trinajstić information content (AvgIpc) is 3.31. The fourth-order valence-electron chi connectivity index (χ4n) is 4.93. The van der Waals surface area contributed by atoms with E-state index in [0.29, 0.717) is 13.0 Å². The third-order valence-corrected chi connectivity index (χ3v) is 8.53. The molecule has 2 aromatic heterocycles. The smallest absolute Gasteiger partial charge is 0.277 e. The van der Waals surface area contributed by atoms with E-state index in [-0.39, 0.29) is 17.3 Å².